The van der Waals surface area contributed by atoms with Crippen molar-refractivity contribution in [1.29, 1.82) is 0 Å². The summed E-state index contributed by atoms with van der Waals surface area (Å²) < 4.78 is 5.19. The van der Waals surface area contributed by atoms with Gasteiger partial charge in [-0.05, 0) is 49.3 Å². The van der Waals surface area contributed by atoms with Crippen molar-refractivity contribution in [3.8, 4) is 5.75 Å². The number of hydrogen-bond donors (Lipinski definition) is 2. The van der Waals surface area contributed by atoms with Crippen LogP contribution in [-0.2, 0) is 11.2 Å². The summed E-state index contributed by atoms with van der Waals surface area (Å²) in [5, 5.41) is 6.19. The third-order valence-corrected chi connectivity index (χ3v) is 4.96. The van der Waals surface area contributed by atoms with Crippen LogP contribution in [0.2, 0.25) is 0 Å². The lowest BCUT2D eigenvalue weighted by atomic mass is 9.93. The Labute approximate surface area is 157 Å². The first-order valence-corrected chi connectivity index (χ1v) is 9.45. The monoisotopic (exact) mass is 360 g/mol. The van der Waals surface area contributed by atoms with Gasteiger partial charge in [-0.25, -0.2) is 0 Å². The predicted molar refractivity (Wildman–Crippen MR) is 106 cm³/mol. The Hall–Kier alpha value is -2.24. The van der Waals surface area contributed by atoms with Crippen LogP contribution in [-0.4, -0.2) is 57.6 Å². The normalized spacial score (nSPS) is 15.7. The fourth-order valence-corrected chi connectivity index (χ4v) is 3.33. The number of hydrogen-bond acceptors (Lipinski definition) is 3. The van der Waals surface area contributed by atoms with Gasteiger partial charge < -0.3 is 20.3 Å². The summed E-state index contributed by atoms with van der Waals surface area (Å²) in [6.45, 7) is 2.82. The number of nitrogens with one attached hydrogen (secondary N) is 2. The fraction of sp³-hybridized carbons (Fsp3) is 0.600. The summed E-state index contributed by atoms with van der Waals surface area (Å²) in [4.78, 5) is 18.2. The van der Waals surface area contributed by atoms with Gasteiger partial charge in [0.15, 0.2) is 5.96 Å². The minimum atomic E-state index is 0.143. The molecule has 1 amide bonds. The highest BCUT2D eigenvalue weighted by Gasteiger charge is 2.22. The molecule has 1 fully saturated rings. The van der Waals surface area contributed by atoms with Crippen molar-refractivity contribution >= 4 is 11.9 Å². The third kappa shape index (κ3) is 6.24. The van der Waals surface area contributed by atoms with Gasteiger partial charge in [0.1, 0.15) is 5.75 Å². The summed E-state index contributed by atoms with van der Waals surface area (Å²) in [5.41, 5.74) is 1.32. The van der Waals surface area contributed by atoms with E-state index < -0.39 is 0 Å². The zero-order chi connectivity index (χ0) is 18.8. The molecular formula is C20H32N4O2. The standard InChI is InChI=1S/C20H32N4O2/c1-21-19(25)15-17-10-13-24(14-11-17)20(22-2)23-12-4-5-16-6-8-18(26-3)9-7-16/h6-9,17H,4-5,10-15H2,1-3H3,(H,21,25)(H,22,23). The van der Waals surface area contributed by atoms with Gasteiger partial charge in [-0.3, -0.25) is 9.79 Å². The van der Waals surface area contributed by atoms with Crippen molar-refractivity contribution in [1.82, 2.24) is 15.5 Å². The van der Waals surface area contributed by atoms with E-state index in [-0.39, 0.29) is 5.91 Å². The molecule has 0 aliphatic carbocycles. The minimum Gasteiger partial charge on any atom is -0.497 e. The van der Waals surface area contributed by atoms with Crippen LogP contribution in [0.25, 0.3) is 0 Å². The van der Waals surface area contributed by atoms with Gasteiger partial charge in [0.2, 0.25) is 5.91 Å². The zero-order valence-corrected chi connectivity index (χ0v) is 16.3. The number of amides is 1. The van der Waals surface area contributed by atoms with Crippen LogP contribution in [0.5, 0.6) is 5.75 Å². The first-order chi connectivity index (χ1) is 12.7. The molecule has 2 rings (SSSR count). The summed E-state index contributed by atoms with van der Waals surface area (Å²) in [6, 6.07) is 8.24. The second kappa shape index (κ2) is 10.7. The Morgan fingerprint density at radius 2 is 1.96 bits per heavy atom. The number of guanidine groups is 1. The van der Waals surface area contributed by atoms with E-state index in [2.05, 4.69) is 32.7 Å². The van der Waals surface area contributed by atoms with Crippen LogP contribution in [0, 0.1) is 5.92 Å². The maximum Gasteiger partial charge on any atom is 0.220 e. The summed E-state index contributed by atoms with van der Waals surface area (Å²) in [6.07, 6.45) is 4.80. The predicted octanol–water partition coefficient (Wildman–Crippen LogP) is 2.05. The van der Waals surface area contributed by atoms with Crippen LogP contribution < -0.4 is 15.4 Å². The van der Waals surface area contributed by atoms with E-state index in [1.54, 1.807) is 14.2 Å². The highest BCUT2D eigenvalue weighted by atomic mass is 16.5. The number of benzene rings is 1. The number of methoxy groups -OCH3 is 1. The van der Waals surface area contributed by atoms with E-state index in [0.29, 0.717) is 12.3 Å². The van der Waals surface area contributed by atoms with E-state index >= 15 is 0 Å². The number of carbonyl (C=O) groups is 1. The summed E-state index contributed by atoms with van der Waals surface area (Å²) >= 11 is 0. The topological polar surface area (TPSA) is 66.0 Å². The van der Waals surface area contributed by atoms with Gasteiger partial charge in [-0.2, -0.15) is 0 Å². The Morgan fingerprint density at radius 1 is 1.27 bits per heavy atom. The molecule has 0 unspecified atom stereocenters. The molecule has 1 aromatic carbocycles. The first kappa shape index (κ1) is 20.1. The van der Waals surface area contributed by atoms with Gasteiger partial charge in [-0.15, -0.1) is 0 Å². The average molecular weight is 361 g/mol. The number of nitrogens with zero attached hydrogens (tertiary/aromatic N) is 2. The van der Waals surface area contributed by atoms with Crippen LogP contribution in [0.3, 0.4) is 0 Å². The number of aliphatic imine (C=N–C) groups is 1. The number of likely N-dealkylation sites (tertiary alicyclic amines) is 1. The van der Waals surface area contributed by atoms with Crippen molar-refractivity contribution in [2.45, 2.75) is 32.1 Å². The molecule has 1 aromatic rings. The average Bonchev–Trinajstić information content (AvgIpc) is 2.69. The van der Waals surface area contributed by atoms with E-state index in [1.165, 1.54) is 5.56 Å². The Balaban J connectivity index is 1.68. The molecule has 0 saturated carbocycles. The van der Waals surface area contributed by atoms with Crippen LogP contribution in [0.1, 0.15) is 31.2 Å². The number of aryl methyl sites for hydroxylation is 1. The van der Waals surface area contributed by atoms with Crippen molar-refractivity contribution in [2.75, 3.05) is 40.8 Å². The number of rotatable bonds is 7. The summed E-state index contributed by atoms with van der Waals surface area (Å²) in [5.74, 6) is 2.49. The summed E-state index contributed by atoms with van der Waals surface area (Å²) in [7, 11) is 5.23. The third-order valence-electron chi connectivity index (χ3n) is 4.96. The molecule has 6 nitrogen and oxygen atoms in total. The Morgan fingerprint density at radius 3 is 2.54 bits per heavy atom. The van der Waals surface area contributed by atoms with E-state index in [1.807, 2.05) is 19.2 Å². The zero-order valence-electron chi connectivity index (χ0n) is 16.3. The highest BCUT2D eigenvalue weighted by Crippen LogP contribution is 2.20. The molecule has 0 bridgehead atoms. The van der Waals surface area contributed by atoms with Crippen molar-refractivity contribution in [3.05, 3.63) is 29.8 Å². The largest absolute Gasteiger partial charge is 0.497 e. The maximum atomic E-state index is 11.5. The van der Waals surface area contributed by atoms with Gasteiger partial charge in [-0.1, -0.05) is 12.1 Å². The number of carbonyl (C=O) groups excluding carboxylic acids is 1. The lowest BCUT2D eigenvalue weighted by Gasteiger charge is -2.34. The van der Waals surface area contributed by atoms with Crippen LogP contribution in [0.15, 0.2) is 29.3 Å². The van der Waals surface area contributed by atoms with Crippen LogP contribution in [0.4, 0.5) is 0 Å². The van der Waals surface area contributed by atoms with Crippen molar-refractivity contribution < 1.29 is 9.53 Å². The van der Waals surface area contributed by atoms with E-state index in [4.69, 9.17) is 4.74 Å². The molecule has 144 valence electrons. The van der Waals surface area contributed by atoms with Crippen LogP contribution >= 0.6 is 0 Å². The number of ether oxygens (including phenoxy) is 1. The Kier molecular flexibility index (Phi) is 8.25. The van der Waals surface area contributed by atoms with E-state index in [0.717, 1.165) is 57.0 Å². The van der Waals surface area contributed by atoms with Gasteiger partial charge in [0.25, 0.3) is 0 Å². The van der Waals surface area contributed by atoms with Crippen molar-refractivity contribution in [3.63, 3.8) is 0 Å². The molecule has 6 heteroatoms. The molecule has 0 radical (unpaired) electrons. The maximum absolute atomic E-state index is 11.5. The molecule has 2 N–H and O–H groups in total. The molecule has 1 saturated heterocycles. The number of piperidine rings is 1. The molecule has 0 atom stereocenters. The second-order valence-electron chi connectivity index (χ2n) is 6.73. The van der Waals surface area contributed by atoms with Gasteiger partial charge >= 0.3 is 0 Å². The molecular weight excluding hydrogens is 328 g/mol. The molecule has 26 heavy (non-hydrogen) atoms. The smallest absolute Gasteiger partial charge is 0.220 e. The van der Waals surface area contributed by atoms with E-state index in [9.17, 15) is 4.79 Å². The van der Waals surface area contributed by atoms with Crippen molar-refractivity contribution in [2.24, 2.45) is 10.9 Å². The highest BCUT2D eigenvalue weighted by molar-refractivity contribution is 5.80. The first-order valence-electron chi connectivity index (χ1n) is 9.45. The lowest BCUT2D eigenvalue weighted by molar-refractivity contribution is -0.121. The molecule has 0 spiro atoms. The molecule has 1 heterocycles. The van der Waals surface area contributed by atoms with Gasteiger partial charge in [0, 0.05) is 40.2 Å². The molecule has 0 aromatic heterocycles. The van der Waals surface area contributed by atoms with Gasteiger partial charge in [0.05, 0.1) is 7.11 Å². The lowest BCUT2D eigenvalue weighted by Crippen LogP contribution is -2.46. The molecule has 1 aliphatic heterocycles. The minimum absolute atomic E-state index is 0.143. The quantitative estimate of drug-likeness (QED) is 0.444. The SMILES string of the molecule is CN=C(NCCCc1ccc(OC)cc1)N1CCC(CC(=O)NC)CC1. The molecule has 1 aliphatic rings. The Bertz CT molecular complexity index is 578. The second-order valence-corrected chi connectivity index (χ2v) is 6.73. The fourth-order valence-electron chi connectivity index (χ4n) is 3.33.